The van der Waals surface area contributed by atoms with Gasteiger partial charge in [0.05, 0.1) is 28.5 Å². The summed E-state index contributed by atoms with van der Waals surface area (Å²) in [6.45, 7) is 3.67. The highest BCUT2D eigenvalue weighted by Gasteiger charge is 2.38. The normalized spacial score (nSPS) is 19.5. The van der Waals surface area contributed by atoms with Crippen molar-refractivity contribution in [1.29, 1.82) is 0 Å². The fourth-order valence-electron chi connectivity index (χ4n) is 3.05. The Morgan fingerprint density at radius 2 is 2.13 bits per heavy atom. The van der Waals surface area contributed by atoms with Crippen LogP contribution in [0.25, 0.3) is 5.57 Å². The van der Waals surface area contributed by atoms with Crippen molar-refractivity contribution in [3.8, 4) is 0 Å². The van der Waals surface area contributed by atoms with Crippen LogP contribution in [0, 0.1) is 6.92 Å². The van der Waals surface area contributed by atoms with Crippen LogP contribution in [-0.2, 0) is 14.3 Å². The van der Waals surface area contributed by atoms with Gasteiger partial charge in [-0.1, -0.05) is 22.9 Å². The molecule has 0 atom stereocenters. The Labute approximate surface area is 185 Å². The standard InChI is InChI=1S/C19H15ClN4O4S2/c1-4-28-17(27)13-8(2)21-18(29-13)23-19-22-15(25)14(30-19)12-10-7-9(20)5-6-11(10)24(3)16(12)26/h5-7H,4H2,1-3H3,(H,21,22,23,25)/b14-12-. The number of nitrogens with one attached hydrogen (secondary N) is 1. The van der Waals surface area contributed by atoms with E-state index in [1.807, 2.05) is 0 Å². The van der Waals surface area contributed by atoms with Crippen LogP contribution in [-0.4, -0.2) is 41.6 Å². The van der Waals surface area contributed by atoms with Crippen molar-refractivity contribution in [2.24, 2.45) is 4.99 Å². The van der Waals surface area contributed by atoms with Crippen molar-refractivity contribution >= 4 is 74.0 Å². The van der Waals surface area contributed by atoms with E-state index in [-0.39, 0.29) is 28.2 Å². The summed E-state index contributed by atoms with van der Waals surface area (Å²) >= 11 is 8.22. The lowest BCUT2D eigenvalue weighted by Crippen LogP contribution is -2.23. The molecule has 8 nitrogen and oxygen atoms in total. The lowest BCUT2D eigenvalue weighted by molar-refractivity contribution is -0.116. The van der Waals surface area contributed by atoms with E-state index in [4.69, 9.17) is 16.3 Å². The number of hydrogen-bond acceptors (Lipinski definition) is 8. The average molecular weight is 463 g/mol. The van der Waals surface area contributed by atoms with E-state index in [1.54, 1.807) is 39.1 Å². The Morgan fingerprint density at radius 1 is 1.37 bits per heavy atom. The number of esters is 1. The number of rotatable bonds is 3. The Hall–Kier alpha value is -2.69. The van der Waals surface area contributed by atoms with Gasteiger partial charge in [-0.05, 0) is 43.8 Å². The van der Waals surface area contributed by atoms with Gasteiger partial charge in [-0.3, -0.25) is 9.59 Å². The van der Waals surface area contributed by atoms with Gasteiger partial charge >= 0.3 is 5.97 Å². The van der Waals surface area contributed by atoms with Gasteiger partial charge in [0.15, 0.2) is 5.17 Å². The number of carbonyl (C=O) groups excluding carboxylic acids is 3. The minimum Gasteiger partial charge on any atom is -0.462 e. The molecule has 0 unspecified atom stereocenters. The zero-order valence-electron chi connectivity index (χ0n) is 16.1. The molecule has 2 aliphatic rings. The van der Waals surface area contributed by atoms with Crippen LogP contribution in [0.5, 0.6) is 0 Å². The molecule has 3 heterocycles. The molecule has 0 spiro atoms. The second-order valence-electron chi connectivity index (χ2n) is 6.33. The summed E-state index contributed by atoms with van der Waals surface area (Å²) in [6, 6.07) is 5.10. The van der Waals surface area contributed by atoms with Gasteiger partial charge in [0.2, 0.25) is 5.13 Å². The number of anilines is 1. The average Bonchev–Trinajstić information content (AvgIpc) is 3.30. The van der Waals surface area contributed by atoms with Crippen molar-refractivity contribution in [2.75, 3.05) is 18.6 Å². The lowest BCUT2D eigenvalue weighted by Gasteiger charge is -2.08. The molecule has 2 aliphatic heterocycles. The van der Waals surface area contributed by atoms with Crippen LogP contribution in [0.2, 0.25) is 5.02 Å². The summed E-state index contributed by atoms with van der Waals surface area (Å²) in [6.07, 6.45) is 0. The van der Waals surface area contributed by atoms with Gasteiger partial charge in [0.1, 0.15) is 4.88 Å². The predicted molar refractivity (Wildman–Crippen MR) is 117 cm³/mol. The largest absolute Gasteiger partial charge is 0.462 e. The third-order valence-corrected chi connectivity index (χ3v) is 6.65. The van der Waals surface area contributed by atoms with Crippen molar-refractivity contribution in [1.82, 2.24) is 10.3 Å². The zero-order chi connectivity index (χ0) is 21.6. The fourth-order valence-corrected chi connectivity index (χ4v) is 5.03. The van der Waals surface area contributed by atoms with E-state index in [0.29, 0.717) is 32.0 Å². The molecule has 154 valence electrons. The maximum Gasteiger partial charge on any atom is 0.350 e. The topological polar surface area (TPSA) is 101 Å². The molecule has 0 saturated carbocycles. The Morgan fingerprint density at radius 3 is 2.87 bits per heavy atom. The lowest BCUT2D eigenvalue weighted by atomic mass is 10.1. The number of carbonyl (C=O) groups is 3. The SMILES string of the molecule is CCOC(=O)c1sc(/N=C2\NC(=O)/C(=C3/C(=O)N(C)c4ccc(Cl)cc43)S2)nc1C. The van der Waals surface area contributed by atoms with E-state index < -0.39 is 11.9 Å². The van der Waals surface area contributed by atoms with E-state index in [2.05, 4.69) is 15.3 Å². The molecule has 2 amide bonds. The Bertz CT molecular complexity index is 1170. The molecule has 1 saturated heterocycles. The van der Waals surface area contributed by atoms with Crippen molar-refractivity contribution in [3.63, 3.8) is 0 Å². The van der Waals surface area contributed by atoms with Gasteiger partial charge in [0.25, 0.3) is 11.8 Å². The zero-order valence-corrected chi connectivity index (χ0v) is 18.5. The Kier molecular flexibility index (Phi) is 5.39. The second kappa shape index (κ2) is 7.86. The van der Waals surface area contributed by atoms with Gasteiger partial charge < -0.3 is 15.0 Å². The number of halogens is 1. The quantitative estimate of drug-likeness (QED) is 0.553. The molecule has 4 rings (SSSR count). The highest BCUT2D eigenvalue weighted by molar-refractivity contribution is 8.18. The number of amidine groups is 1. The molecule has 1 aromatic carbocycles. The van der Waals surface area contributed by atoms with Crippen LogP contribution >= 0.6 is 34.7 Å². The molecule has 1 fully saturated rings. The summed E-state index contributed by atoms with van der Waals surface area (Å²) < 4.78 is 5.01. The molecule has 2 aromatic rings. The van der Waals surface area contributed by atoms with Gasteiger partial charge in [-0.25, -0.2) is 9.78 Å². The third-order valence-electron chi connectivity index (χ3n) is 4.40. The number of nitrogens with zero attached hydrogens (tertiary/aromatic N) is 3. The Balaban J connectivity index is 1.69. The minimum absolute atomic E-state index is 0.241. The second-order valence-corrected chi connectivity index (χ2v) is 8.75. The molecule has 1 aromatic heterocycles. The smallest absolute Gasteiger partial charge is 0.350 e. The summed E-state index contributed by atoms with van der Waals surface area (Å²) in [4.78, 5) is 48.0. The van der Waals surface area contributed by atoms with Gasteiger partial charge in [0, 0.05) is 17.6 Å². The first kappa shape index (κ1) is 20.6. The summed E-state index contributed by atoms with van der Waals surface area (Å²) in [5.74, 6) is -1.18. The number of fused-ring (bicyclic) bond motifs is 1. The number of benzene rings is 1. The van der Waals surface area contributed by atoms with E-state index >= 15 is 0 Å². The first-order valence-electron chi connectivity index (χ1n) is 8.84. The van der Waals surface area contributed by atoms with Crippen LogP contribution in [0.4, 0.5) is 10.8 Å². The summed E-state index contributed by atoms with van der Waals surface area (Å²) in [5, 5.41) is 3.71. The number of thioether (sulfide) groups is 1. The van der Waals surface area contributed by atoms with Gasteiger partial charge in [-0.15, -0.1) is 0 Å². The number of likely N-dealkylation sites (N-methyl/N-ethyl adjacent to an activating group) is 1. The number of aryl methyl sites for hydroxylation is 1. The first-order chi connectivity index (χ1) is 14.3. The highest BCUT2D eigenvalue weighted by atomic mass is 35.5. The maximum atomic E-state index is 12.8. The number of aliphatic imine (C=N–C) groups is 1. The number of hydrogen-bond donors (Lipinski definition) is 1. The van der Waals surface area contributed by atoms with Crippen molar-refractivity contribution < 1.29 is 19.1 Å². The maximum absolute atomic E-state index is 12.8. The van der Waals surface area contributed by atoms with Crippen LogP contribution in [0.15, 0.2) is 28.1 Å². The van der Waals surface area contributed by atoms with Crippen LogP contribution in [0.3, 0.4) is 0 Å². The number of thiazole rings is 1. The monoisotopic (exact) mass is 462 g/mol. The fraction of sp³-hybridized carbons (Fsp3) is 0.211. The molecule has 1 N–H and O–H groups in total. The predicted octanol–water partition coefficient (Wildman–Crippen LogP) is 3.52. The number of aromatic nitrogens is 1. The highest BCUT2D eigenvalue weighted by Crippen LogP contribution is 2.43. The molecular formula is C19H15ClN4O4S2. The molecule has 0 aliphatic carbocycles. The molecule has 30 heavy (non-hydrogen) atoms. The van der Waals surface area contributed by atoms with E-state index in [0.717, 1.165) is 23.1 Å². The van der Waals surface area contributed by atoms with Crippen molar-refractivity contribution in [2.45, 2.75) is 13.8 Å². The minimum atomic E-state index is -0.460. The molecular weight excluding hydrogens is 448 g/mol. The van der Waals surface area contributed by atoms with Gasteiger partial charge in [-0.2, -0.15) is 4.99 Å². The van der Waals surface area contributed by atoms with Crippen LogP contribution in [0.1, 0.15) is 27.9 Å². The molecule has 0 bridgehead atoms. The van der Waals surface area contributed by atoms with Crippen LogP contribution < -0.4 is 10.2 Å². The third kappa shape index (κ3) is 3.51. The summed E-state index contributed by atoms with van der Waals surface area (Å²) in [5.41, 5.74) is 2.07. The summed E-state index contributed by atoms with van der Waals surface area (Å²) in [7, 11) is 1.64. The molecule has 0 radical (unpaired) electrons. The number of ether oxygens (including phenoxy) is 1. The number of amides is 2. The van der Waals surface area contributed by atoms with E-state index in [9.17, 15) is 14.4 Å². The van der Waals surface area contributed by atoms with Crippen molar-refractivity contribution in [3.05, 3.63) is 44.3 Å². The van der Waals surface area contributed by atoms with E-state index in [1.165, 1.54) is 4.90 Å². The molecule has 11 heteroatoms. The first-order valence-corrected chi connectivity index (χ1v) is 10.9.